The van der Waals surface area contributed by atoms with E-state index >= 15 is 0 Å². The number of ether oxygens (including phenoxy) is 2. The Hall–Kier alpha value is -3.74. The van der Waals surface area contributed by atoms with Crippen LogP contribution in [0, 0.1) is 6.92 Å². The first kappa shape index (κ1) is 32.2. The fraction of sp³-hybridized carbons (Fsp3) is 0.452. The smallest absolute Gasteiger partial charge is 0.243 e. The van der Waals surface area contributed by atoms with Crippen molar-refractivity contribution in [2.75, 3.05) is 78.0 Å². The zero-order chi connectivity index (χ0) is 31.0. The van der Waals surface area contributed by atoms with Gasteiger partial charge < -0.3 is 24.2 Å². The molecule has 2 aromatic carbocycles. The van der Waals surface area contributed by atoms with Crippen molar-refractivity contribution in [1.82, 2.24) is 24.3 Å². The number of anilines is 1. The molecule has 43 heavy (non-hydrogen) atoms. The van der Waals surface area contributed by atoms with Gasteiger partial charge in [-0.2, -0.15) is 4.31 Å². The normalized spacial score (nSPS) is 13.9. The number of likely N-dealkylation sites (N-methyl/N-ethyl adjacent to an activating group) is 1. The molecule has 11 nitrogen and oxygen atoms in total. The summed E-state index contributed by atoms with van der Waals surface area (Å²) in [5.41, 5.74) is 2.46. The minimum absolute atomic E-state index is 0.199. The van der Waals surface area contributed by atoms with Crippen LogP contribution >= 0.6 is 0 Å². The van der Waals surface area contributed by atoms with Gasteiger partial charge in [0.25, 0.3) is 0 Å². The van der Waals surface area contributed by atoms with Crippen LogP contribution in [0.2, 0.25) is 0 Å². The third-order valence-corrected chi connectivity index (χ3v) is 9.68. The van der Waals surface area contributed by atoms with E-state index in [1.165, 1.54) is 4.31 Å². The van der Waals surface area contributed by atoms with E-state index in [0.717, 1.165) is 24.2 Å². The molecule has 1 amide bonds. The first-order valence-electron chi connectivity index (χ1n) is 14.6. The van der Waals surface area contributed by atoms with E-state index in [9.17, 15) is 13.2 Å². The van der Waals surface area contributed by atoms with Gasteiger partial charge in [-0.1, -0.05) is 31.5 Å². The van der Waals surface area contributed by atoms with E-state index in [1.54, 1.807) is 49.5 Å². The average molecular weight is 611 g/mol. The van der Waals surface area contributed by atoms with Crippen molar-refractivity contribution in [3.8, 4) is 22.8 Å². The van der Waals surface area contributed by atoms with E-state index in [1.807, 2.05) is 45.0 Å². The number of hydrogen-bond donors (Lipinski definition) is 0. The summed E-state index contributed by atoms with van der Waals surface area (Å²) >= 11 is 0. The van der Waals surface area contributed by atoms with Crippen LogP contribution in [-0.2, 0) is 14.8 Å². The summed E-state index contributed by atoms with van der Waals surface area (Å²) in [5.74, 6) is 1.84. The second-order valence-electron chi connectivity index (χ2n) is 10.4. The van der Waals surface area contributed by atoms with Gasteiger partial charge >= 0.3 is 0 Å². The second kappa shape index (κ2) is 14.6. The molecule has 232 valence electrons. The molecule has 0 atom stereocenters. The number of carbonyl (C=O) groups excluding carboxylic acids is 1. The van der Waals surface area contributed by atoms with Crippen LogP contribution in [0.5, 0.6) is 11.5 Å². The molecule has 3 aromatic rings. The highest BCUT2D eigenvalue weighted by molar-refractivity contribution is 7.89. The van der Waals surface area contributed by atoms with Gasteiger partial charge in [-0.05, 0) is 56.4 Å². The standard InChI is InChI=1S/C31H42N6O5S/c1-6-34(7-2)16-21-37(43(39,40)26-11-8-24(3)9-12-26)23-31(38)36-19-17-35(18-20-36)30-15-14-28(32-33-30)27-13-10-25(41-4)22-29(27)42-5/h8-15,22H,6-7,16-21,23H2,1-5H3. The predicted octanol–water partition coefficient (Wildman–Crippen LogP) is 3.15. The largest absolute Gasteiger partial charge is 0.497 e. The Balaban J connectivity index is 1.41. The fourth-order valence-corrected chi connectivity index (χ4v) is 6.40. The maximum atomic E-state index is 13.6. The van der Waals surface area contributed by atoms with Crippen molar-refractivity contribution in [2.45, 2.75) is 25.7 Å². The highest BCUT2D eigenvalue weighted by Crippen LogP contribution is 2.32. The van der Waals surface area contributed by atoms with Crippen LogP contribution < -0.4 is 14.4 Å². The molecule has 0 radical (unpaired) electrons. The van der Waals surface area contributed by atoms with Crippen LogP contribution in [-0.4, -0.2) is 112 Å². The van der Waals surface area contributed by atoms with Gasteiger partial charge in [0, 0.05) is 50.9 Å². The Morgan fingerprint density at radius 2 is 1.58 bits per heavy atom. The van der Waals surface area contributed by atoms with Crippen LogP contribution in [0.25, 0.3) is 11.3 Å². The van der Waals surface area contributed by atoms with Gasteiger partial charge in [0.15, 0.2) is 5.82 Å². The molecule has 1 aromatic heterocycles. The van der Waals surface area contributed by atoms with E-state index in [4.69, 9.17) is 9.47 Å². The topological polar surface area (TPSA) is 108 Å². The molecule has 0 aliphatic carbocycles. The predicted molar refractivity (Wildman–Crippen MR) is 167 cm³/mol. The van der Waals surface area contributed by atoms with Gasteiger partial charge in [-0.15, -0.1) is 10.2 Å². The molecule has 0 spiro atoms. The number of carbonyl (C=O) groups is 1. The number of aromatic nitrogens is 2. The number of aryl methyl sites for hydroxylation is 1. The minimum atomic E-state index is -3.84. The number of amides is 1. The summed E-state index contributed by atoms with van der Waals surface area (Å²) in [6.45, 7) is 10.3. The first-order chi connectivity index (χ1) is 20.7. The highest BCUT2D eigenvalue weighted by atomic mass is 32.2. The quantitative estimate of drug-likeness (QED) is 0.288. The maximum Gasteiger partial charge on any atom is 0.243 e. The van der Waals surface area contributed by atoms with Gasteiger partial charge in [-0.25, -0.2) is 8.42 Å². The number of piperazine rings is 1. The number of hydrogen-bond acceptors (Lipinski definition) is 9. The third-order valence-electron chi connectivity index (χ3n) is 7.82. The molecule has 1 aliphatic rings. The Bertz CT molecular complexity index is 1450. The van der Waals surface area contributed by atoms with Crippen LogP contribution in [0.1, 0.15) is 19.4 Å². The van der Waals surface area contributed by atoms with Gasteiger partial charge in [0.1, 0.15) is 11.5 Å². The van der Waals surface area contributed by atoms with E-state index < -0.39 is 10.0 Å². The average Bonchev–Trinajstić information content (AvgIpc) is 3.04. The second-order valence-corrected chi connectivity index (χ2v) is 12.3. The molecule has 0 unspecified atom stereocenters. The number of nitrogens with zero attached hydrogens (tertiary/aromatic N) is 6. The summed E-state index contributed by atoms with van der Waals surface area (Å²) in [5, 5.41) is 8.86. The summed E-state index contributed by atoms with van der Waals surface area (Å²) in [6, 6.07) is 16.1. The van der Waals surface area contributed by atoms with Crippen LogP contribution in [0.3, 0.4) is 0 Å². The maximum absolute atomic E-state index is 13.6. The Morgan fingerprint density at radius 1 is 0.884 bits per heavy atom. The van der Waals surface area contributed by atoms with Crippen LogP contribution in [0.4, 0.5) is 5.82 Å². The molecular weight excluding hydrogens is 568 g/mol. The van der Waals surface area contributed by atoms with Crippen LogP contribution in [0.15, 0.2) is 59.5 Å². The molecule has 2 heterocycles. The van der Waals surface area contributed by atoms with E-state index in [0.29, 0.717) is 55.7 Å². The highest BCUT2D eigenvalue weighted by Gasteiger charge is 2.30. The van der Waals surface area contributed by atoms with E-state index in [2.05, 4.69) is 20.0 Å². The zero-order valence-electron chi connectivity index (χ0n) is 25.7. The zero-order valence-corrected chi connectivity index (χ0v) is 26.5. The molecule has 12 heteroatoms. The number of methoxy groups -OCH3 is 2. The lowest BCUT2D eigenvalue weighted by Gasteiger charge is -2.36. The summed E-state index contributed by atoms with van der Waals surface area (Å²) in [4.78, 5) is 19.6. The van der Waals surface area contributed by atoms with Crippen molar-refractivity contribution in [1.29, 1.82) is 0 Å². The molecule has 1 fully saturated rings. The fourth-order valence-electron chi connectivity index (χ4n) is 5.02. The van der Waals surface area contributed by atoms with Gasteiger partial charge in [0.05, 0.1) is 31.4 Å². The lowest BCUT2D eigenvalue weighted by Crippen LogP contribution is -2.52. The third kappa shape index (κ3) is 7.81. The molecule has 1 aliphatic heterocycles. The molecule has 0 saturated carbocycles. The number of sulfonamides is 1. The Labute approximate surface area is 255 Å². The molecular formula is C31H42N6O5S. The van der Waals surface area contributed by atoms with Gasteiger partial charge in [-0.3, -0.25) is 4.79 Å². The van der Waals surface area contributed by atoms with Crippen molar-refractivity contribution in [3.05, 3.63) is 60.2 Å². The Morgan fingerprint density at radius 3 is 2.16 bits per heavy atom. The Kier molecular flexibility index (Phi) is 10.9. The van der Waals surface area contributed by atoms with Gasteiger partial charge in [0.2, 0.25) is 15.9 Å². The molecule has 0 N–H and O–H groups in total. The summed E-state index contributed by atoms with van der Waals surface area (Å²) in [6.07, 6.45) is 0. The molecule has 0 bridgehead atoms. The minimum Gasteiger partial charge on any atom is -0.497 e. The lowest BCUT2D eigenvalue weighted by atomic mass is 10.1. The van der Waals surface area contributed by atoms with Crippen molar-refractivity contribution in [2.24, 2.45) is 0 Å². The molecule has 1 saturated heterocycles. The van der Waals surface area contributed by atoms with Crippen molar-refractivity contribution in [3.63, 3.8) is 0 Å². The lowest BCUT2D eigenvalue weighted by molar-refractivity contribution is -0.131. The number of rotatable bonds is 13. The first-order valence-corrected chi connectivity index (χ1v) is 16.0. The summed E-state index contributed by atoms with van der Waals surface area (Å²) < 4.78 is 39.3. The molecule has 4 rings (SSSR count). The SMILES string of the molecule is CCN(CC)CCN(CC(=O)N1CCN(c2ccc(-c3ccc(OC)cc3OC)nn2)CC1)S(=O)(=O)c1ccc(C)cc1. The monoisotopic (exact) mass is 610 g/mol. The number of benzene rings is 2. The summed E-state index contributed by atoms with van der Waals surface area (Å²) in [7, 11) is -0.634. The van der Waals surface area contributed by atoms with Crippen molar-refractivity contribution >= 4 is 21.7 Å². The van der Waals surface area contributed by atoms with E-state index in [-0.39, 0.29) is 23.9 Å². The van der Waals surface area contributed by atoms with Crippen molar-refractivity contribution < 1.29 is 22.7 Å².